The molecule has 0 aliphatic carbocycles. The van der Waals surface area contributed by atoms with E-state index >= 15 is 0 Å². The monoisotopic (exact) mass is 425 g/mol. The molecule has 0 radical (unpaired) electrons. The van der Waals surface area contributed by atoms with Crippen molar-refractivity contribution in [1.29, 1.82) is 0 Å². The van der Waals surface area contributed by atoms with Gasteiger partial charge in [-0.15, -0.1) is 22.7 Å². The number of aromatic nitrogens is 3. The molecule has 0 saturated heterocycles. The van der Waals surface area contributed by atoms with Crippen LogP contribution in [0.5, 0.6) is 0 Å². The predicted octanol–water partition coefficient (Wildman–Crippen LogP) is 6.89. The molecule has 1 aliphatic rings. The maximum atomic E-state index is 4.91. The second kappa shape index (κ2) is 6.72. The molecule has 0 unspecified atom stereocenters. The van der Waals surface area contributed by atoms with Crippen molar-refractivity contribution >= 4 is 56.4 Å². The molecule has 0 spiro atoms. The molecule has 0 bridgehead atoms. The molecular formula is C20H19N5S3. The Morgan fingerprint density at radius 3 is 1.75 bits per heavy atom. The summed E-state index contributed by atoms with van der Waals surface area (Å²) >= 11 is 4.71. The smallest absolute Gasteiger partial charge is 0.124 e. The van der Waals surface area contributed by atoms with E-state index in [0.29, 0.717) is 5.92 Å². The molecule has 0 N–H and O–H groups in total. The zero-order valence-corrected chi connectivity index (χ0v) is 18.5. The molecule has 0 saturated carbocycles. The summed E-state index contributed by atoms with van der Waals surface area (Å²) in [5, 5.41) is 14.2. The van der Waals surface area contributed by atoms with Crippen LogP contribution in [-0.4, -0.2) is 15.0 Å². The molecule has 0 atom stereocenters. The highest BCUT2D eigenvalue weighted by Crippen LogP contribution is 2.53. The Hall–Kier alpha value is -2.16. The number of thiophene rings is 2. The maximum Gasteiger partial charge on any atom is 0.124 e. The minimum absolute atomic E-state index is 0.471. The number of benzene rings is 1. The third kappa shape index (κ3) is 2.87. The van der Waals surface area contributed by atoms with E-state index in [2.05, 4.69) is 59.3 Å². The van der Waals surface area contributed by atoms with E-state index in [4.69, 9.17) is 10.2 Å². The number of hydrogen-bond donors (Lipinski definition) is 0. The molecule has 0 amide bonds. The van der Waals surface area contributed by atoms with E-state index in [0.717, 1.165) is 40.1 Å². The summed E-state index contributed by atoms with van der Waals surface area (Å²) in [6, 6.07) is 4.41. The zero-order valence-electron chi connectivity index (χ0n) is 16.1. The number of hydrogen-bond acceptors (Lipinski definition) is 6. The molecule has 5 rings (SSSR count). The first-order chi connectivity index (χ1) is 13.5. The van der Waals surface area contributed by atoms with Gasteiger partial charge in [0.05, 0.1) is 29.0 Å². The summed E-state index contributed by atoms with van der Waals surface area (Å²) in [7, 11) is 0. The van der Waals surface area contributed by atoms with Crippen LogP contribution in [0.3, 0.4) is 0 Å². The molecule has 1 aromatic carbocycles. The zero-order chi connectivity index (χ0) is 19.4. The molecule has 3 aromatic heterocycles. The Bertz CT molecular complexity index is 1200. The molecule has 28 heavy (non-hydrogen) atoms. The van der Waals surface area contributed by atoms with Crippen LogP contribution in [0.4, 0.5) is 11.4 Å². The first-order valence-electron chi connectivity index (χ1n) is 9.15. The summed E-state index contributed by atoms with van der Waals surface area (Å²) in [4.78, 5) is 4.18. The standard InChI is InChI=1S/C20H19N5S3/c1-10(2)7-25-21-17-15(13-5-11(3)8-26-13)19-20(24-28-23-19)16(18(17)22-25)14-6-12(4)9-27-14/h5-6,8-10H,7H2,1-4H3. The van der Waals surface area contributed by atoms with Gasteiger partial charge in [0.25, 0.3) is 0 Å². The number of aryl methyl sites for hydroxylation is 2. The molecule has 0 fully saturated rings. The van der Waals surface area contributed by atoms with Gasteiger partial charge in [0.1, 0.15) is 22.4 Å². The number of fused-ring (bicyclic) bond motifs is 2. The van der Waals surface area contributed by atoms with E-state index in [-0.39, 0.29) is 0 Å². The van der Waals surface area contributed by atoms with E-state index in [1.54, 1.807) is 22.7 Å². The number of rotatable bonds is 4. The van der Waals surface area contributed by atoms with Crippen molar-refractivity contribution in [2.24, 2.45) is 14.6 Å². The van der Waals surface area contributed by atoms with Crippen LogP contribution in [0.15, 0.2) is 31.6 Å². The topological polar surface area (TPSA) is 55.4 Å². The second-order valence-corrected chi connectivity index (χ2v) is 9.88. The first kappa shape index (κ1) is 17.9. The second-order valence-electron chi connectivity index (χ2n) is 7.53. The minimum Gasteiger partial charge on any atom is -0.183 e. The molecule has 5 nitrogen and oxygen atoms in total. The third-order valence-corrected chi connectivity index (χ3v) is 7.23. The first-order valence-corrected chi connectivity index (χ1v) is 11.6. The average Bonchev–Trinajstić information content (AvgIpc) is 3.39. The van der Waals surface area contributed by atoms with Crippen molar-refractivity contribution in [2.75, 3.05) is 0 Å². The summed E-state index contributed by atoms with van der Waals surface area (Å²) in [5.74, 6) is 0.471. The molecule has 1 aliphatic heterocycles. The van der Waals surface area contributed by atoms with Crippen molar-refractivity contribution in [3.63, 3.8) is 0 Å². The van der Waals surface area contributed by atoms with Gasteiger partial charge in [-0.1, -0.05) is 13.8 Å². The van der Waals surface area contributed by atoms with Crippen LogP contribution in [0.25, 0.3) is 31.9 Å². The highest BCUT2D eigenvalue weighted by molar-refractivity contribution is 7.58. The highest BCUT2D eigenvalue weighted by Gasteiger charge is 2.28. The van der Waals surface area contributed by atoms with Gasteiger partial charge in [0.2, 0.25) is 0 Å². The fourth-order valence-corrected chi connectivity index (χ4v) is 5.88. The number of nitrogens with zero attached hydrogens (tertiary/aromatic N) is 5. The van der Waals surface area contributed by atoms with Gasteiger partial charge in [-0.2, -0.15) is 23.7 Å². The van der Waals surface area contributed by atoms with Gasteiger partial charge < -0.3 is 0 Å². The normalized spacial score (nSPS) is 12.9. The Balaban J connectivity index is 1.88. The van der Waals surface area contributed by atoms with Gasteiger partial charge in [-0.05, 0) is 53.8 Å². The summed E-state index contributed by atoms with van der Waals surface area (Å²) in [6.07, 6.45) is 0. The maximum absolute atomic E-state index is 4.91. The fourth-order valence-electron chi connectivity index (χ4n) is 3.43. The van der Waals surface area contributed by atoms with Gasteiger partial charge in [-0.25, -0.2) is 0 Å². The molecule has 4 aromatic rings. The minimum atomic E-state index is 0.471. The summed E-state index contributed by atoms with van der Waals surface area (Å²) < 4.78 is 9.36. The molecule has 142 valence electrons. The van der Waals surface area contributed by atoms with Crippen LogP contribution in [0.2, 0.25) is 0 Å². The lowest BCUT2D eigenvalue weighted by molar-refractivity contribution is 0.442. The van der Waals surface area contributed by atoms with Crippen molar-refractivity contribution in [3.05, 3.63) is 34.0 Å². The van der Waals surface area contributed by atoms with Gasteiger partial charge in [0, 0.05) is 9.75 Å². The highest BCUT2D eigenvalue weighted by atomic mass is 32.1. The molecule has 4 heterocycles. The Morgan fingerprint density at radius 2 is 1.36 bits per heavy atom. The SMILES string of the molecule is Cc1csc(-c2c3c(c(-c4cc(C)cs4)c4nn(CC(C)C)nc24)N=S=N3)c1. The Labute approximate surface area is 174 Å². The van der Waals surface area contributed by atoms with Crippen LogP contribution in [0.1, 0.15) is 25.0 Å². The van der Waals surface area contributed by atoms with Crippen LogP contribution >= 0.6 is 22.7 Å². The Kier molecular flexibility index (Phi) is 4.30. The lowest BCUT2D eigenvalue weighted by atomic mass is 10.0. The van der Waals surface area contributed by atoms with Crippen molar-refractivity contribution < 1.29 is 0 Å². The van der Waals surface area contributed by atoms with Gasteiger partial charge in [-0.3, -0.25) is 0 Å². The quantitative estimate of drug-likeness (QED) is 0.315. The van der Waals surface area contributed by atoms with E-state index < -0.39 is 0 Å². The lowest BCUT2D eigenvalue weighted by Crippen LogP contribution is -2.07. The average molecular weight is 426 g/mol. The molecular weight excluding hydrogens is 406 g/mol. The van der Waals surface area contributed by atoms with Crippen LogP contribution < -0.4 is 0 Å². The van der Waals surface area contributed by atoms with Crippen LogP contribution in [0, 0.1) is 19.8 Å². The fraction of sp³-hybridized carbons (Fsp3) is 0.300. The van der Waals surface area contributed by atoms with Crippen molar-refractivity contribution in [3.8, 4) is 20.9 Å². The van der Waals surface area contributed by atoms with Gasteiger partial charge in [0.15, 0.2) is 0 Å². The predicted molar refractivity (Wildman–Crippen MR) is 120 cm³/mol. The van der Waals surface area contributed by atoms with Crippen molar-refractivity contribution in [2.45, 2.75) is 34.2 Å². The Morgan fingerprint density at radius 1 is 0.857 bits per heavy atom. The van der Waals surface area contributed by atoms with E-state index in [9.17, 15) is 0 Å². The van der Waals surface area contributed by atoms with Crippen molar-refractivity contribution in [1.82, 2.24) is 15.0 Å². The van der Waals surface area contributed by atoms with Crippen LogP contribution in [-0.2, 0) is 17.9 Å². The largest absolute Gasteiger partial charge is 0.183 e. The lowest BCUT2D eigenvalue weighted by Gasteiger charge is -2.09. The summed E-state index contributed by atoms with van der Waals surface area (Å²) in [6.45, 7) is 9.39. The van der Waals surface area contributed by atoms with E-state index in [1.807, 2.05) is 4.80 Å². The van der Waals surface area contributed by atoms with Gasteiger partial charge >= 0.3 is 0 Å². The van der Waals surface area contributed by atoms with E-state index in [1.165, 1.54) is 32.2 Å². The summed E-state index contributed by atoms with van der Waals surface area (Å²) in [5.41, 5.74) is 8.31. The third-order valence-electron chi connectivity index (χ3n) is 4.57. The molecule has 8 heteroatoms.